The first-order chi connectivity index (χ1) is 8.00. The monoisotopic (exact) mass is 313 g/mol. The van der Waals surface area contributed by atoms with E-state index in [1.807, 2.05) is 32.0 Å². The summed E-state index contributed by atoms with van der Waals surface area (Å²) in [6.45, 7) is 3.89. The summed E-state index contributed by atoms with van der Waals surface area (Å²) in [4.78, 5) is 0. The number of aromatic nitrogens is 2. The molecule has 17 heavy (non-hydrogen) atoms. The van der Waals surface area contributed by atoms with E-state index in [0.717, 1.165) is 15.7 Å². The summed E-state index contributed by atoms with van der Waals surface area (Å²) >= 11 is 9.50. The van der Waals surface area contributed by atoms with Crippen LogP contribution < -0.4 is 5.73 Å². The van der Waals surface area contributed by atoms with Crippen LogP contribution in [0.4, 0.5) is 5.82 Å². The van der Waals surface area contributed by atoms with Gasteiger partial charge >= 0.3 is 0 Å². The largest absolute Gasteiger partial charge is 0.383 e. The van der Waals surface area contributed by atoms with Crippen LogP contribution in [0, 0.1) is 6.92 Å². The highest BCUT2D eigenvalue weighted by Gasteiger charge is 2.16. The van der Waals surface area contributed by atoms with Gasteiger partial charge in [0.15, 0.2) is 0 Å². The van der Waals surface area contributed by atoms with Crippen molar-refractivity contribution in [1.82, 2.24) is 9.78 Å². The first-order valence-electron chi connectivity index (χ1n) is 5.26. The molecule has 0 amide bonds. The molecule has 5 heteroatoms. The van der Waals surface area contributed by atoms with E-state index in [2.05, 4.69) is 27.1 Å². The van der Waals surface area contributed by atoms with Crippen LogP contribution in [0.2, 0.25) is 5.02 Å². The molecule has 0 aliphatic carbocycles. The maximum absolute atomic E-state index is 6.04. The van der Waals surface area contributed by atoms with Crippen LogP contribution in [-0.2, 0) is 0 Å². The molecule has 0 aliphatic rings. The lowest BCUT2D eigenvalue weighted by Gasteiger charge is -2.14. The highest BCUT2D eigenvalue weighted by atomic mass is 79.9. The van der Waals surface area contributed by atoms with E-state index in [1.165, 1.54) is 0 Å². The van der Waals surface area contributed by atoms with Gasteiger partial charge in [-0.25, -0.2) is 4.68 Å². The van der Waals surface area contributed by atoms with Gasteiger partial charge < -0.3 is 5.73 Å². The Morgan fingerprint density at radius 3 is 2.71 bits per heavy atom. The molecule has 0 saturated heterocycles. The number of hydrogen-bond donors (Lipinski definition) is 1. The maximum Gasteiger partial charge on any atom is 0.141 e. The van der Waals surface area contributed by atoms with Gasteiger partial charge in [0, 0.05) is 4.47 Å². The molecule has 0 aliphatic heterocycles. The van der Waals surface area contributed by atoms with Crippen molar-refractivity contribution in [2.75, 3.05) is 5.73 Å². The van der Waals surface area contributed by atoms with Crippen molar-refractivity contribution in [3.05, 3.63) is 45.0 Å². The number of anilines is 1. The highest BCUT2D eigenvalue weighted by molar-refractivity contribution is 9.10. The lowest BCUT2D eigenvalue weighted by atomic mass is 10.1. The standard InChI is InChI=1S/C12H13BrClN3/c1-7-11(14)12(15)17(16-7)8(2)9-4-3-5-10(13)6-9/h3-6,8H,15H2,1-2H3. The maximum atomic E-state index is 6.04. The molecule has 1 heterocycles. The van der Waals surface area contributed by atoms with Crippen LogP contribution >= 0.6 is 27.5 Å². The van der Waals surface area contributed by atoms with Crippen molar-refractivity contribution < 1.29 is 0 Å². The second kappa shape index (κ2) is 4.70. The summed E-state index contributed by atoms with van der Waals surface area (Å²) in [7, 11) is 0. The Morgan fingerprint density at radius 2 is 2.18 bits per heavy atom. The molecule has 3 nitrogen and oxygen atoms in total. The van der Waals surface area contributed by atoms with Gasteiger partial charge in [0.05, 0.1) is 11.7 Å². The molecule has 0 bridgehead atoms. The first-order valence-corrected chi connectivity index (χ1v) is 6.43. The minimum Gasteiger partial charge on any atom is -0.383 e. The van der Waals surface area contributed by atoms with E-state index in [4.69, 9.17) is 17.3 Å². The van der Waals surface area contributed by atoms with Gasteiger partial charge in [-0.3, -0.25) is 0 Å². The Balaban J connectivity index is 2.43. The highest BCUT2D eigenvalue weighted by Crippen LogP contribution is 2.29. The molecular formula is C12H13BrClN3. The molecule has 1 aromatic carbocycles. The van der Waals surface area contributed by atoms with Crippen LogP contribution in [0.3, 0.4) is 0 Å². The van der Waals surface area contributed by atoms with E-state index in [-0.39, 0.29) is 6.04 Å². The lowest BCUT2D eigenvalue weighted by molar-refractivity contribution is 0.569. The number of nitrogen functional groups attached to an aromatic ring is 1. The molecule has 1 aromatic heterocycles. The number of halogens is 2. The lowest BCUT2D eigenvalue weighted by Crippen LogP contribution is -2.11. The van der Waals surface area contributed by atoms with Gasteiger partial charge in [-0.15, -0.1) is 0 Å². The Morgan fingerprint density at radius 1 is 1.47 bits per heavy atom. The van der Waals surface area contributed by atoms with Crippen LogP contribution in [0.25, 0.3) is 0 Å². The average molecular weight is 315 g/mol. The second-order valence-corrected chi connectivity index (χ2v) is 5.25. The molecule has 2 aromatic rings. The van der Waals surface area contributed by atoms with Crippen molar-refractivity contribution in [3.8, 4) is 0 Å². The van der Waals surface area contributed by atoms with Gasteiger partial charge in [0.25, 0.3) is 0 Å². The van der Waals surface area contributed by atoms with E-state index < -0.39 is 0 Å². The number of aryl methyl sites for hydroxylation is 1. The van der Waals surface area contributed by atoms with Crippen LogP contribution in [-0.4, -0.2) is 9.78 Å². The quantitative estimate of drug-likeness (QED) is 0.916. The summed E-state index contributed by atoms with van der Waals surface area (Å²) in [6, 6.07) is 8.12. The predicted octanol–water partition coefficient (Wildman–Crippen LogP) is 3.80. The molecule has 90 valence electrons. The third-order valence-corrected chi connectivity index (χ3v) is 3.71. The number of rotatable bonds is 2. The van der Waals surface area contributed by atoms with Crippen LogP contribution in [0.1, 0.15) is 24.2 Å². The number of nitrogens with zero attached hydrogens (tertiary/aromatic N) is 2. The molecule has 0 radical (unpaired) electrons. The molecule has 2 N–H and O–H groups in total. The van der Waals surface area contributed by atoms with Crippen LogP contribution in [0.15, 0.2) is 28.7 Å². The van der Waals surface area contributed by atoms with Crippen molar-refractivity contribution in [3.63, 3.8) is 0 Å². The van der Waals surface area contributed by atoms with E-state index >= 15 is 0 Å². The summed E-state index contributed by atoms with van der Waals surface area (Å²) in [5, 5.41) is 4.89. The molecule has 0 fully saturated rings. The van der Waals surface area contributed by atoms with Gasteiger partial charge in [0.1, 0.15) is 10.8 Å². The zero-order valence-corrected chi connectivity index (χ0v) is 12.0. The number of hydrogen-bond acceptors (Lipinski definition) is 2. The summed E-state index contributed by atoms with van der Waals surface area (Å²) in [5.74, 6) is 0.511. The third kappa shape index (κ3) is 2.33. The number of benzene rings is 1. The van der Waals surface area contributed by atoms with E-state index in [9.17, 15) is 0 Å². The Bertz CT molecular complexity index is 551. The fourth-order valence-corrected chi connectivity index (χ4v) is 2.29. The van der Waals surface area contributed by atoms with Crippen LogP contribution in [0.5, 0.6) is 0 Å². The smallest absolute Gasteiger partial charge is 0.141 e. The minimum absolute atomic E-state index is 0.0544. The minimum atomic E-state index is 0.0544. The van der Waals surface area contributed by atoms with Crippen molar-refractivity contribution in [2.24, 2.45) is 0 Å². The second-order valence-electron chi connectivity index (χ2n) is 3.96. The average Bonchev–Trinajstić information content (AvgIpc) is 2.56. The molecule has 1 unspecified atom stereocenters. The molecule has 2 rings (SSSR count). The van der Waals surface area contributed by atoms with Gasteiger partial charge in [0.2, 0.25) is 0 Å². The third-order valence-electron chi connectivity index (χ3n) is 2.75. The van der Waals surface area contributed by atoms with E-state index in [1.54, 1.807) is 4.68 Å². The topological polar surface area (TPSA) is 43.8 Å². The van der Waals surface area contributed by atoms with Gasteiger partial charge in [-0.2, -0.15) is 5.10 Å². The Hall–Kier alpha value is -1.00. The zero-order chi connectivity index (χ0) is 12.6. The zero-order valence-electron chi connectivity index (χ0n) is 9.61. The van der Waals surface area contributed by atoms with E-state index in [0.29, 0.717) is 10.8 Å². The molecule has 1 atom stereocenters. The normalized spacial score (nSPS) is 12.7. The molecule has 0 spiro atoms. The Kier molecular flexibility index (Phi) is 3.45. The molecule has 0 saturated carbocycles. The fraction of sp³-hybridized carbons (Fsp3) is 0.250. The molecular weight excluding hydrogens is 302 g/mol. The Labute approximate surface area is 114 Å². The SMILES string of the molecule is Cc1nn(C(C)c2cccc(Br)c2)c(N)c1Cl. The number of nitrogens with two attached hydrogens (primary N) is 1. The summed E-state index contributed by atoms with van der Waals surface area (Å²) < 4.78 is 2.79. The summed E-state index contributed by atoms with van der Waals surface area (Å²) in [6.07, 6.45) is 0. The van der Waals surface area contributed by atoms with Crippen molar-refractivity contribution in [2.45, 2.75) is 19.9 Å². The van der Waals surface area contributed by atoms with Crippen molar-refractivity contribution in [1.29, 1.82) is 0 Å². The van der Waals surface area contributed by atoms with Gasteiger partial charge in [-0.1, -0.05) is 39.7 Å². The first kappa shape index (κ1) is 12.5. The predicted molar refractivity (Wildman–Crippen MR) is 74.3 cm³/mol. The summed E-state index contributed by atoms with van der Waals surface area (Å²) in [5.41, 5.74) is 7.82. The van der Waals surface area contributed by atoms with Gasteiger partial charge in [-0.05, 0) is 31.5 Å². The van der Waals surface area contributed by atoms with Crippen molar-refractivity contribution >= 4 is 33.3 Å². The fourth-order valence-electron chi connectivity index (χ4n) is 1.75.